The Balaban J connectivity index is 1.56. The zero-order valence-corrected chi connectivity index (χ0v) is 18.5. The van der Waals surface area contributed by atoms with Crippen LogP contribution in [-0.4, -0.2) is 55.4 Å². The van der Waals surface area contributed by atoms with Crippen LogP contribution in [0.4, 0.5) is 11.5 Å². The summed E-state index contributed by atoms with van der Waals surface area (Å²) in [5.41, 5.74) is 9.19. The summed E-state index contributed by atoms with van der Waals surface area (Å²) in [5.74, 6) is -0.412. The molecule has 0 radical (unpaired) electrons. The van der Waals surface area contributed by atoms with Crippen LogP contribution in [0.5, 0.6) is 0 Å². The number of carbonyl (C=O) groups is 1. The van der Waals surface area contributed by atoms with Gasteiger partial charge in [-0.05, 0) is 36.0 Å². The van der Waals surface area contributed by atoms with Crippen LogP contribution in [0.2, 0.25) is 0 Å². The van der Waals surface area contributed by atoms with Gasteiger partial charge in [0.25, 0.3) is 11.6 Å². The Morgan fingerprint density at radius 1 is 1.38 bits per heavy atom. The van der Waals surface area contributed by atoms with Gasteiger partial charge in [-0.1, -0.05) is 23.8 Å². The van der Waals surface area contributed by atoms with Crippen LogP contribution in [0, 0.1) is 10.1 Å². The van der Waals surface area contributed by atoms with Crippen molar-refractivity contribution in [2.45, 2.75) is 44.7 Å². The molecule has 1 unspecified atom stereocenters. The lowest BCUT2D eigenvalue weighted by Gasteiger charge is -2.28. The maximum atomic E-state index is 12.9. The molecule has 1 aliphatic carbocycles. The molecule has 2 heterocycles. The van der Waals surface area contributed by atoms with E-state index in [9.17, 15) is 14.9 Å². The number of rotatable bonds is 8. The number of hydrazone groups is 1. The lowest BCUT2D eigenvalue weighted by atomic mass is 9.94. The van der Waals surface area contributed by atoms with E-state index in [2.05, 4.69) is 38.2 Å². The standard InChI is InChI=1S/C20H24N10O4/c1-28(14-7-3-2-4-8-14)12-16-17(23-27-29(16)19-18(21)25-34-26-19)20(31)24-22-11-13-6-5-9-15(10-13)30(32)33/h5-6,9-11,14H,2-4,7-8,12H2,1H3,(H2,21,25)(H,24,31)/p+1/b22-11-. The number of anilines is 1. The maximum Gasteiger partial charge on any atom is 0.294 e. The van der Waals surface area contributed by atoms with Gasteiger partial charge in [0.2, 0.25) is 11.6 Å². The van der Waals surface area contributed by atoms with Gasteiger partial charge in [-0.25, -0.2) is 10.1 Å². The van der Waals surface area contributed by atoms with E-state index >= 15 is 0 Å². The minimum Gasteiger partial charge on any atom is -0.378 e. The van der Waals surface area contributed by atoms with Crippen molar-refractivity contribution in [3.63, 3.8) is 0 Å². The van der Waals surface area contributed by atoms with Gasteiger partial charge in [-0.3, -0.25) is 14.9 Å². The Bertz CT molecular complexity index is 1200. The van der Waals surface area contributed by atoms with E-state index in [-0.39, 0.29) is 23.0 Å². The molecular weight excluding hydrogens is 444 g/mol. The van der Waals surface area contributed by atoms with Crippen molar-refractivity contribution in [2.24, 2.45) is 5.10 Å². The van der Waals surface area contributed by atoms with Gasteiger partial charge < -0.3 is 10.6 Å². The second-order valence-electron chi connectivity index (χ2n) is 8.18. The minimum atomic E-state index is -0.589. The largest absolute Gasteiger partial charge is 0.378 e. The van der Waals surface area contributed by atoms with Gasteiger partial charge in [-0.2, -0.15) is 9.78 Å². The first-order chi connectivity index (χ1) is 16.4. The number of nitrogens with one attached hydrogen (secondary N) is 2. The monoisotopic (exact) mass is 469 g/mol. The molecule has 4 N–H and O–H groups in total. The minimum absolute atomic E-state index is 0.0251. The topological polar surface area (TPSA) is 185 Å². The molecular formula is C20H25N10O4+. The molecule has 1 amide bonds. The molecule has 34 heavy (non-hydrogen) atoms. The Labute approximate surface area is 193 Å². The number of non-ortho nitro benzene ring substituents is 1. The van der Waals surface area contributed by atoms with Crippen LogP contribution < -0.4 is 16.1 Å². The van der Waals surface area contributed by atoms with Crippen LogP contribution in [0.3, 0.4) is 0 Å². The average Bonchev–Trinajstić information content (AvgIpc) is 3.45. The van der Waals surface area contributed by atoms with Crippen LogP contribution in [0.25, 0.3) is 5.82 Å². The van der Waals surface area contributed by atoms with Crippen molar-refractivity contribution in [2.75, 3.05) is 12.8 Å². The Morgan fingerprint density at radius 3 is 2.88 bits per heavy atom. The number of nitrogens with two attached hydrogens (primary N) is 1. The lowest BCUT2D eigenvalue weighted by Crippen LogP contribution is -3.11. The van der Waals surface area contributed by atoms with Gasteiger partial charge in [0.15, 0.2) is 5.69 Å². The van der Waals surface area contributed by atoms with Gasteiger partial charge in [0.05, 0.1) is 24.2 Å². The zero-order chi connectivity index (χ0) is 24.1. The van der Waals surface area contributed by atoms with E-state index in [0.717, 1.165) is 12.8 Å². The van der Waals surface area contributed by atoms with Crippen LogP contribution in [-0.2, 0) is 6.54 Å². The molecule has 1 aliphatic rings. The number of carbonyl (C=O) groups excluding carboxylic acids is 1. The van der Waals surface area contributed by atoms with Crippen molar-refractivity contribution in [1.29, 1.82) is 0 Å². The molecule has 1 atom stereocenters. The van der Waals surface area contributed by atoms with Crippen LogP contribution in [0.1, 0.15) is 53.8 Å². The summed E-state index contributed by atoms with van der Waals surface area (Å²) >= 11 is 0. The molecule has 0 aliphatic heterocycles. The molecule has 0 spiro atoms. The Kier molecular flexibility index (Phi) is 6.87. The molecule has 178 valence electrons. The Hall–Kier alpha value is -4.20. The van der Waals surface area contributed by atoms with Gasteiger partial charge >= 0.3 is 0 Å². The molecule has 4 rings (SSSR count). The highest BCUT2D eigenvalue weighted by Crippen LogP contribution is 2.18. The van der Waals surface area contributed by atoms with Crippen molar-refractivity contribution in [3.8, 4) is 5.82 Å². The summed E-state index contributed by atoms with van der Waals surface area (Å²) in [6, 6.07) is 6.34. The molecule has 1 aromatic carbocycles. The number of nitrogens with zero attached hydrogens (tertiary/aromatic N) is 7. The number of nitro benzene ring substituents is 1. The molecule has 1 fully saturated rings. The molecule has 0 saturated heterocycles. The molecule has 0 bridgehead atoms. The molecule has 2 aromatic heterocycles. The van der Waals surface area contributed by atoms with Gasteiger partial charge in [0.1, 0.15) is 12.2 Å². The number of hydrogen-bond donors (Lipinski definition) is 3. The van der Waals surface area contributed by atoms with Gasteiger partial charge in [0, 0.05) is 17.7 Å². The summed E-state index contributed by atoms with van der Waals surface area (Å²) in [7, 11) is 2.07. The first kappa shape index (κ1) is 23.0. The third kappa shape index (κ3) is 5.06. The second kappa shape index (κ2) is 10.2. The first-order valence-corrected chi connectivity index (χ1v) is 10.9. The molecule has 14 heteroatoms. The molecule has 1 saturated carbocycles. The summed E-state index contributed by atoms with van der Waals surface area (Å²) in [5, 5.41) is 30.3. The van der Waals surface area contributed by atoms with E-state index in [4.69, 9.17) is 10.4 Å². The third-order valence-electron chi connectivity index (χ3n) is 5.88. The van der Waals surface area contributed by atoms with Crippen molar-refractivity contribution in [3.05, 3.63) is 51.3 Å². The number of hydrogen-bond acceptors (Lipinski definition) is 10. The molecule has 14 nitrogen and oxygen atoms in total. The predicted molar refractivity (Wildman–Crippen MR) is 119 cm³/mol. The number of nitro groups is 1. The summed E-state index contributed by atoms with van der Waals surface area (Å²) < 4.78 is 6.05. The van der Waals surface area contributed by atoms with E-state index in [0.29, 0.717) is 23.8 Å². The summed E-state index contributed by atoms with van der Waals surface area (Å²) in [6.45, 7) is 0.446. The summed E-state index contributed by atoms with van der Waals surface area (Å²) in [6.07, 6.45) is 7.12. The fraction of sp³-hybridized carbons (Fsp3) is 0.400. The maximum absolute atomic E-state index is 12.9. The quantitative estimate of drug-likeness (QED) is 0.236. The van der Waals surface area contributed by atoms with Crippen molar-refractivity contribution in [1.82, 2.24) is 30.7 Å². The number of benzene rings is 1. The predicted octanol–water partition coefficient (Wildman–Crippen LogP) is 0.252. The summed E-state index contributed by atoms with van der Waals surface area (Å²) in [4.78, 5) is 24.5. The van der Waals surface area contributed by atoms with E-state index < -0.39 is 10.8 Å². The smallest absolute Gasteiger partial charge is 0.294 e. The normalized spacial score (nSPS) is 15.4. The number of quaternary nitrogens is 1. The number of aromatic nitrogens is 5. The molecule has 3 aromatic rings. The highest BCUT2D eigenvalue weighted by Gasteiger charge is 2.29. The number of amides is 1. The average molecular weight is 469 g/mol. The highest BCUT2D eigenvalue weighted by molar-refractivity contribution is 5.94. The highest BCUT2D eigenvalue weighted by atomic mass is 16.6. The van der Waals surface area contributed by atoms with Crippen LogP contribution in [0.15, 0.2) is 34.0 Å². The SMILES string of the molecule is C[NH+](Cc1c(C(=O)N/N=C\c2cccc([N+](=O)[O-])c2)nnn1-c1nonc1N)C1CCCCC1. The van der Waals surface area contributed by atoms with E-state index in [1.54, 1.807) is 6.07 Å². The van der Waals surface area contributed by atoms with E-state index in [1.165, 1.54) is 53.3 Å². The van der Waals surface area contributed by atoms with Crippen LogP contribution >= 0.6 is 0 Å². The van der Waals surface area contributed by atoms with Crippen molar-refractivity contribution < 1.29 is 19.2 Å². The van der Waals surface area contributed by atoms with Crippen molar-refractivity contribution >= 4 is 23.6 Å². The lowest BCUT2D eigenvalue weighted by molar-refractivity contribution is -0.921. The fourth-order valence-electron chi connectivity index (χ4n) is 4.09. The Morgan fingerprint density at radius 2 is 2.18 bits per heavy atom. The van der Waals surface area contributed by atoms with Gasteiger partial charge in [-0.15, -0.1) is 5.10 Å². The fourth-order valence-corrected chi connectivity index (χ4v) is 4.09. The van der Waals surface area contributed by atoms with E-state index in [1.807, 2.05) is 0 Å². The second-order valence-corrected chi connectivity index (χ2v) is 8.18. The zero-order valence-electron chi connectivity index (χ0n) is 18.5. The first-order valence-electron chi connectivity index (χ1n) is 10.9. The number of nitrogen functional groups attached to an aromatic ring is 1. The third-order valence-corrected chi connectivity index (χ3v) is 5.88.